The fourth-order valence-electron chi connectivity index (χ4n) is 3.62. The van der Waals surface area contributed by atoms with Crippen LogP contribution in [0.15, 0.2) is 126 Å². The predicted octanol–water partition coefficient (Wildman–Crippen LogP) is 16.3. The molecule has 0 amide bonds. The van der Waals surface area contributed by atoms with Gasteiger partial charge in [0.15, 0.2) is 0 Å². The number of halogens is 6. The number of allylic oxidation sites excluding steroid dienone is 2. The van der Waals surface area contributed by atoms with E-state index in [4.69, 9.17) is 75.1 Å². The second-order valence-electron chi connectivity index (χ2n) is 7.92. The first kappa shape index (κ1) is 63.6. The van der Waals surface area contributed by atoms with Gasteiger partial charge >= 0.3 is 121 Å². The van der Waals surface area contributed by atoms with Crippen molar-refractivity contribution >= 4 is 110 Å². The summed E-state index contributed by atoms with van der Waals surface area (Å²) < 4.78 is 0. The second-order valence-corrected chi connectivity index (χ2v) is 31.1. The molecule has 1 unspecified atom stereocenters. The van der Waals surface area contributed by atoms with Gasteiger partial charge in [0.1, 0.15) is 5.75 Å². The van der Waals surface area contributed by atoms with Gasteiger partial charge in [-0.2, -0.15) is 11.4 Å². The number of hydrogen-bond acceptors (Lipinski definition) is 9. The topological polar surface area (TPSA) is 356 Å². The molecule has 0 saturated heterocycles. The van der Waals surface area contributed by atoms with E-state index in [0.29, 0.717) is 16.9 Å². The van der Waals surface area contributed by atoms with Crippen LogP contribution in [0.25, 0.3) is 58.4 Å². The molecule has 16 nitrogen and oxygen atoms in total. The first-order valence-electron chi connectivity index (χ1n) is 12.2. The minimum atomic E-state index is -0.472. The summed E-state index contributed by atoms with van der Waals surface area (Å²) in [5.74, 6) is 0.288. The number of nitrogens with one attached hydrogen (secondary N) is 4. The first-order chi connectivity index (χ1) is 23.6. The van der Waals surface area contributed by atoms with Gasteiger partial charge in [-0.15, -0.1) is 16.4 Å². The second kappa shape index (κ2) is 43.3. The molecule has 25 heteroatoms. The summed E-state index contributed by atoms with van der Waals surface area (Å²) in [6, 6.07) is 23.9. The van der Waals surface area contributed by atoms with Gasteiger partial charge in [0.25, 0.3) is 0 Å². The number of rotatable bonds is 0. The van der Waals surface area contributed by atoms with Crippen molar-refractivity contribution in [3.05, 3.63) is 183 Å². The summed E-state index contributed by atoms with van der Waals surface area (Å²) in [6.07, 6.45) is 9.69. The fourth-order valence-corrected chi connectivity index (χ4v) is 3.62. The Morgan fingerprint density at radius 1 is 0.811 bits per heavy atom. The number of anilines is 1. The largest absolute Gasteiger partial charge is 0.700 e. The van der Waals surface area contributed by atoms with Crippen molar-refractivity contribution in [1.29, 1.82) is 0 Å². The van der Waals surface area contributed by atoms with E-state index in [-0.39, 0.29) is 47.8 Å². The molecule has 4 aromatic rings. The maximum atomic E-state index is 9.33. The Morgan fingerprint density at radius 2 is 1.25 bits per heavy atom. The molecule has 1 atom stereocenters. The van der Waals surface area contributed by atoms with E-state index in [1.807, 2.05) is 66.8 Å². The van der Waals surface area contributed by atoms with Crippen LogP contribution in [-0.2, 0) is 44.2 Å². The fraction of sp³-hybridized carbons (Fsp3) is 0.0357. The number of nitrogens with zero attached hydrogens (tertiary/aromatic N) is 3. The summed E-state index contributed by atoms with van der Waals surface area (Å²) >= 11 is 4.35. The van der Waals surface area contributed by atoms with Gasteiger partial charge in [0.2, 0.25) is 0 Å². The molecule has 0 saturated carbocycles. The molecule has 1 aliphatic heterocycles. The monoisotopic (exact) mass is 1580 g/mol. The summed E-state index contributed by atoms with van der Waals surface area (Å²) in [7, 11) is 19.5. The van der Waals surface area contributed by atoms with E-state index in [2.05, 4.69) is 55.1 Å². The van der Waals surface area contributed by atoms with E-state index < -0.39 is 33.0 Å². The van der Waals surface area contributed by atoms with Crippen molar-refractivity contribution in [1.82, 2.24) is 4.98 Å². The summed E-state index contributed by atoms with van der Waals surface area (Å²) in [6.45, 7) is 0. The molecule has 306 valence electrons. The number of hydrogen-bond donors (Lipinski definition) is 2. The van der Waals surface area contributed by atoms with Gasteiger partial charge in [-0.3, -0.25) is 4.98 Å². The molecule has 6 rings (SSSR count). The van der Waals surface area contributed by atoms with Crippen LogP contribution >= 0.6 is 76.4 Å². The SMILES string of the molecule is O=N[O-].O=N[O-].Oc1ccnc2ccccc12.[Cl][Pt+2][Cl].[Cl][Pt][Cl].[I][Pt+2][I].[NH-]C1=C2C=CC=CC2Nc2ccccc21.[NH-]c1ccccc1[NH-].[NH2-].[NH2-].[NH2-].[NH2-]. The Morgan fingerprint density at radius 3 is 1.72 bits per heavy atom. The molecule has 3 aromatic carbocycles. The zero-order valence-electron chi connectivity index (χ0n) is 26.4. The van der Waals surface area contributed by atoms with Crippen LogP contribution in [0.5, 0.6) is 5.75 Å². The Hall–Kier alpha value is -1.39. The van der Waals surface area contributed by atoms with Crippen molar-refractivity contribution in [3.8, 4) is 5.75 Å². The summed E-state index contributed by atoms with van der Waals surface area (Å²) in [5.41, 5.74) is 27.3. The van der Waals surface area contributed by atoms with Crippen LogP contribution in [0.2, 0.25) is 0 Å². The minimum Gasteiger partial charge on any atom is -0.700 e. The quantitative estimate of drug-likeness (QED) is 0.0972. The van der Waals surface area contributed by atoms with Gasteiger partial charge in [-0.25, -0.2) is 0 Å². The molecule has 0 bridgehead atoms. The molecular weight excluding hydrogens is 1550 g/mol. The molecule has 53 heavy (non-hydrogen) atoms. The standard InChI is InChI=1S/C13H11N2.C9H7NO.C6H6N2.4ClH.2HI.2HNO2.4H2N.3Pt/c14-13-9-5-1-3-7-11(9)15-12-8-4-2-6-10(12)13;11-9-5-6-10-8-4-2-1-3-7(8)9;7-5-3-1-2-4-6(5)8;;;;;;;2*2-1-3;;;;;;;/h1-8,11,14-15H;1-6H,(H,10,11);1-4,7-8H;6*1H;2*(H,2,3);4*1H2;;;/q-1;;-2;;;;;;;;;4*-1;+2;2*+4/p-8. The zero-order chi connectivity index (χ0) is 37.5. The number of nitrogens with two attached hydrogens (primary N) is 4. The maximum Gasteiger partial charge on any atom is 0.0689 e. The van der Waals surface area contributed by atoms with Gasteiger partial charge in [0.05, 0.1) is 11.6 Å². The number of benzene rings is 3. The van der Waals surface area contributed by atoms with Gasteiger partial charge < -0.3 is 72.5 Å². The Bertz CT molecular complexity index is 1580. The van der Waals surface area contributed by atoms with Gasteiger partial charge in [0, 0.05) is 17.3 Å². The zero-order valence-corrected chi connectivity index (χ0v) is 40.6. The molecule has 1 aliphatic carbocycles. The van der Waals surface area contributed by atoms with Crippen LogP contribution < -0.4 is 5.32 Å². The third-order valence-corrected chi connectivity index (χ3v) is 5.37. The smallest absolute Gasteiger partial charge is 0.0689 e. The van der Waals surface area contributed by atoms with Crippen molar-refractivity contribution in [2.75, 3.05) is 5.32 Å². The van der Waals surface area contributed by atoms with E-state index in [1.54, 1.807) is 36.5 Å². The van der Waals surface area contributed by atoms with Crippen molar-refractivity contribution in [2.24, 2.45) is 10.7 Å². The van der Waals surface area contributed by atoms with Crippen LogP contribution in [0.3, 0.4) is 0 Å². The number of pyridine rings is 1. The van der Waals surface area contributed by atoms with Crippen LogP contribution in [0.4, 0.5) is 17.1 Å². The number of aromatic nitrogens is 1. The molecule has 0 fully saturated rings. The molecule has 0 radical (unpaired) electrons. The maximum absolute atomic E-state index is 9.33. The Balaban J connectivity index is -0.000000131. The number of aromatic hydroxyl groups is 1. The van der Waals surface area contributed by atoms with Crippen LogP contribution in [0, 0.1) is 20.2 Å². The number of para-hydroxylation sites is 2. The average Bonchev–Trinajstić information content (AvgIpc) is 3.09. The molecule has 2 aliphatic rings. The van der Waals surface area contributed by atoms with Crippen molar-refractivity contribution in [2.45, 2.75) is 6.04 Å². The third-order valence-electron chi connectivity index (χ3n) is 5.37. The van der Waals surface area contributed by atoms with E-state index in [0.717, 1.165) is 38.4 Å². The van der Waals surface area contributed by atoms with E-state index in [1.165, 1.54) is 0 Å². The van der Waals surface area contributed by atoms with Gasteiger partial charge in [-0.05, 0) is 35.4 Å². The molecule has 0 spiro atoms. The minimum absolute atomic E-state index is 0. The molecule has 1 aromatic heterocycles. The van der Waals surface area contributed by atoms with Crippen LogP contribution in [-0.4, -0.2) is 16.1 Å². The Labute approximate surface area is 370 Å². The average molecular weight is 1580 g/mol. The normalized spacial score (nSPS) is 11.4. The molecule has 2 heterocycles. The van der Waals surface area contributed by atoms with Gasteiger partial charge in [-0.1, -0.05) is 78.9 Å². The number of fused-ring (bicyclic) bond motifs is 3. The van der Waals surface area contributed by atoms with Crippen molar-refractivity contribution < 1.29 is 49.3 Å². The third kappa shape index (κ3) is 28.7. The van der Waals surface area contributed by atoms with E-state index >= 15 is 0 Å². The predicted molar refractivity (Wildman–Crippen MR) is 232 cm³/mol. The van der Waals surface area contributed by atoms with Crippen LogP contribution in [0.1, 0.15) is 5.56 Å². The van der Waals surface area contributed by atoms with E-state index in [9.17, 15) is 5.11 Å². The molecule has 13 N–H and O–H groups in total. The Kier molecular flexibility index (Phi) is 52.0. The summed E-state index contributed by atoms with van der Waals surface area (Å²) in [4.78, 5) is 20.1. The van der Waals surface area contributed by atoms with Crippen molar-refractivity contribution in [3.63, 3.8) is 0 Å². The summed E-state index contributed by atoms with van der Waals surface area (Å²) in [5, 5.41) is 31.5. The molecular formula is C28H32Cl4I2N11O5Pt3-5. The first-order valence-corrected chi connectivity index (χ1v) is 36.4.